The van der Waals surface area contributed by atoms with Gasteiger partial charge in [-0.15, -0.1) is 0 Å². The van der Waals surface area contributed by atoms with Crippen molar-refractivity contribution in [2.24, 2.45) is 0 Å². The van der Waals surface area contributed by atoms with E-state index in [1.165, 1.54) is 34.7 Å². The molecule has 0 saturated carbocycles. The number of amides is 1. The molecule has 6 heteroatoms. The van der Waals surface area contributed by atoms with Crippen molar-refractivity contribution in [1.29, 1.82) is 0 Å². The molecule has 0 heterocycles. The van der Waals surface area contributed by atoms with Crippen LogP contribution >= 0.6 is 0 Å². The minimum Gasteiger partial charge on any atom is -0.348 e. The summed E-state index contributed by atoms with van der Waals surface area (Å²) in [6.45, 7) is 1.38. The van der Waals surface area contributed by atoms with E-state index in [0.717, 1.165) is 12.1 Å². The average Bonchev–Trinajstić information content (AvgIpc) is 2.53. The summed E-state index contributed by atoms with van der Waals surface area (Å²) in [5.74, 6) is -0.248. The molecule has 2 N–H and O–H groups in total. The molecule has 0 atom stereocenters. The number of rotatable bonds is 6. The first-order valence-electron chi connectivity index (χ1n) is 7.35. The third kappa shape index (κ3) is 4.89. The van der Waals surface area contributed by atoms with Gasteiger partial charge in [0.05, 0.1) is 19.0 Å². The van der Waals surface area contributed by atoms with Crippen molar-refractivity contribution in [3.8, 4) is 0 Å². The number of non-ortho nitro benzene ring substituents is 1. The molecular formula is C17H20N3O3+. The Morgan fingerprint density at radius 3 is 2.13 bits per heavy atom. The van der Waals surface area contributed by atoms with Crippen molar-refractivity contribution in [3.63, 3.8) is 0 Å². The predicted molar refractivity (Wildman–Crippen MR) is 87.2 cm³/mol. The minimum atomic E-state index is -0.487. The van der Waals surface area contributed by atoms with Gasteiger partial charge in [0.25, 0.3) is 11.6 Å². The van der Waals surface area contributed by atoms with Crippen LogP contribution in [0.5, 0.6) is 0 Å². The van der Waals surface area contributed by atoms with E-state index >= 15 is 0 Å². The van der Waals surface area contributed by atoms with Crippen LogP contribution in [0.3, 0.4) is 0 Å². The number of nitrogens with one attached hydrogen (secondary N) is 2. The molecule has 0 aromatic heterocycles. The van der Waals surface area contributed by atoms with Crippen LogP contribution in [0.4, 0.5) is 5.69 Å². The molecule has 2 aromatic rings. The molecule has 0 radical (unpaired) electrons. The number of nitro groups is 1. The van der Waals surface area contributed by atoms with E-state index in [0.29, 0.717) is 12.1 Å². The van der Waals surface area contributed by atoms with Gasteiger partial charge in [0.15, 0.2) is 0 Å². The zero-order chi connectivity index (χ0) is 16.8. The summed E-state index contributed by atoms with van der Waals surface area (Å²) in [6, 6.07) is 13.7. The Kier molecular flexibility index (Phi) is 5.43. The van der Waals surface area contributed by atoms with E-state index in [9.17, 15) is 14.9 Å². The molecule has 0 unspecified atom stereocenters. The van der Waals surface area contributed by atoms with Crippen molar-refractivity contribution in [3.05, 3.63) is 75.3 Å². The lowest BCUT2D eigenvalue weighted by Gasteiger charge is -2.09. The summed E-state index contributed by atoms with van der Waals surface area (Å²) < 4.78 is 0. The lowest BCUT2D eigenvalue weighted by Crippen LogP contribution is -3.04. The van der Waals surface area contributed by atoms with Crippen LogP contribution in [0.25, 0.3) is 0 Å². The number of hydrogen-bond acceptors (Lipinski definition) is 3. The quantitative estimate of drug-likeness (QED) is 0.621. The molecule has 0 aliphatic heterocycles. The highest BCUT2D eigenvalue weighted by atomic mass is 16.6. The van der Waals surface area contributed by atoms with Gasteiger partial charge in [0.1, 0.15) is 6.54 Å². The lowest BCUT2D eigenvalue weighted by atomic mass is 10.1. The fourth-order valence-electron chi connectivity index (χ4n) is 2.20. The van der Waals surface area contributed by atoms with Crippen LogP contribution in [-0.4, -0.2) is 24.9 Å². The number of carbonyl (C=O) groups excluding carboxylic acids is 1. The van der Waals surface area contributed by atoms with Crippen LogP contribution in [0.15, 0.2) is 48.5 Å². The maximum absolute atomic E-state index is 12.0. The SMILES string of the molecule is C[NH+](C)Cc1ccc(CNC(=O)c2ccc([N+](=O)[O-])cc2)cc1. The number of carbonyl (C=O) groups is 1. The van der Waals surface area contributed by atoms with Crippen LogP contribution in [0.2, 0.25) is 0 Å². The average molecular weight is 314 g/mol. The fraction of sp³-hybridized carbons (Fsp3) is 0.235. The number of nitrogens with zero attached hydrogens (tertiary/aromatic N) is 1. The van der Waals surface area contributed by atoms with Crippen molar-refractivity contribution >= 4 is 11.6 Å². The Labute approximate surface area is 134 Å². The summed E-state index contributed by atoms with van der Waals surface area (Å²) in [4.78, 5) is 23.5. The largest absolute Gasteiger partial charge is 0.348 e. The van der Waals surface area contributed by atoms with E-state index in [1.807, 2.05) is 12.1 Å². The number of nitro benzene ring substituents is 1. The summed E-state index contributed by atoms with van der Waals surface area (Å²) in [5.41, 5.74) is 2.64. The topological polar surface area (TPSA) is 76.7 Å². The van der Waals surface area contributed by atoms with Crippen LogP contribution < -0.4 is 10.2 Å². The van der Waals surface area contributed by atoms with Crippen molar-refractivity contribution < 1.29 is 14.6 Å². The summed E-state index contributed by atoms with van der Waals surface area (Å²) in [7, 11) is 4.19. The van der Waals surface area contributed by atoms with E-state index in [-0.39, 0.29) is 11.6 Å². The Hall–Kier alpha value is -2.73. The molecular weight excluding hydrogens is 294 g/mol. The Morgan fingerprint density at radius 2 is 1.61 bits per heavy atom. The highest BCUT2D eigenvalue weighted by molar-refractivity contribution is 5.94. The highest BCUT2D eigenvalue weighted by Gasteiger charge is 2.09. The van der Waals surface area contributed by atoms with Crippen LogP contribution in [-0.2, 0) is 13.1 Å². The molecule has 120 valence electrons. The maximum atomic E-state index is 12.0. The van der Waals surface area contributed by atoms with Gasteiger partial charge in [-0.25, -0.2) is 0 Å². The number of hydrogen-bond donors (Lipinski definition) is 2. The molecule has 0 aliphatic carbocycles. The van der Waals surface area contributed by atoms with Gasteiger partial charge in [-0.1, -0.05) is 24.3 Å². The zero-order valence-corrected chi connectivity index (χ0v) is 13.2. The summed E-state index contributed by atoms with van der Waals surface area (Å²) >= 11 is 0. The van der Waals surface area contributed by atoms with Gasteiger partial charge < -0.3 is 10.2 Å². The van der Waals surface area contributed by atoms with Gasteiger partial charge >= 0.3 is 0 Å². The highest BCUT2D eigenvalue weighted by Crippen LogP contribution is 2.12. The molecule has 0 saturated heterocycles. The number of quaternary nitrogens is 1. The van der Waals surface area contributed by atoms with Crippen molar-refractivity contribution in [1.82, 2.24) is 5.32 Å². The Bertz CT molecular complexity index is 679. The second-order valence-electron chi connectivity index (χ2n) is 5.69. The molecule has 0 spiro atoms. The van der Waals surface area contributed by atoms with E-state index in [4.69, 9.17) is 0 Å². The van der Waals surface area contributed by atoms with E-state index in [1.54, 1.807) is 0 Å². The van der Waals surface area contributed by atoms with E-state index in [2.05, 4.69) is 31.5 Å². The maximum Gasteiger partial charge on any atom is 0.269 e. The molecule has 2 rings (SSSR count). The minimum absolute atomic E-state index is 0.0276. The monoisotopic (exact) mass is 314 g/mol. The zero-order valence-electron chi connectivity index (χ0n) is 13.2. The number of benzene rings is 2. The molecule has 0 aliphatic rings. The first-order chi connectivity index (χ1) is 11.0. The first kappa shape index (κ1) is 16.6. The summed E-state index contributed by atoms with van der Waals surface area (Å²) in [6.07, 6.45) is 0. The van der Waals surface area contributed by atoms with Crippen molar-refractivity contribution in [2.75, 3.05) is 14.1 Å². The van der Waals surface area contributed by atoms with Gasteiger partial charge in [0, 0.05) is 29.8 Å². The van der Waals surface area contributed by atoms with Crippen LogP contribution in [0, 0.1) is 10.1 Å². The first-order valence-corrected chi connectivity index (χ1v) is 7.35. The smallest absolute Gasteiger partial charge is 0.269 e. The third-order valence-corrected chi connectivity index (χ3v) is 3.37. The summed E-state index contributed by atoms with van der Waals surface area (Å²) in [5, 5.41) is 13.4. The predicted octanol–water partition coefficient (Wildman–Crippen LogP) is 1.17. The standard InChI is InChI=1S/C17H19N3O3/c1-19(2)12-14-5-3-13(4-6-14)11-18-17(21)15-7-9-16(10-8-15)20(22)23/h3-10H,11-12H2,1-2H3,(H,18,21)/p+1. The lowest BCUT2D eigenvalue weighted by molar-refractivity contribution is -0.872. The molecule has 23 heavy (non-hydrogen) atoms. The third-order valence-electron chi connectivity index (χ3n) is 3.37. The molecule has 0 bridgehead atoms. The van der Waals surface area contributed by atoms with E-state index < -0.39 is 4.92 Å². The van der Waals surface area contributed by atoms with Gasteiger partial charge in [-0.05, 0) is 17.7 Å². The Morgan fingerprint density at radius 1 is 1.04 bits per heavy atom. The second kappa shape index (κ2) is 7.51. The van der Waals surface area contributed by atoms with Gasteiger partial charge in [-0.3, -0.25) is 14.9 Å². The molecule has 0 fully saturated rings. The second-order valence-corrected chi connectivity index (χ2v) is 5.69. The molecule has 6 nitrogen and oxygen atoms in total. The Balaban J connectivity index is 1.92. The van der Waals surface area contributed by atoms with Crippen LogP contribution in [0.1, 0.15) is 21.5 Å². The van der Waals surface area contributed by atoms with Gasteiger partial charge in [-0.2, -0.15) is 0 Å². The normalized spacial score (nSPS) is 10.6. The van der Waals surface area contributed by atoms with Gasteiger partial charge in [0.2, 0.25) is 0 Å². The van der Waals surface area contributed by atoms with Crippen molar-refractivity contribution in [2.45, 2.75) is 13.1 Å². The fourth-order valence-corrected chi connectivity index (χ4v) is 2.20. The molecule has 2 aromatic carbocycles. The molecule has 1 amide bonds.